The first kappa shape index (κ1) is 27.7. The second kappa shape index (κ2) is 12.4. The first-order chi connectivity index (χ1) is 17.7. The van der Waals surface area contributed by atoms with Gasteiger partial charge in [0.05, 0.1) is 17.2 Å². The van der Waals surface area contributed by atoms with Crippen LogP contribution < -0.4 is 14.4 Å². The van der Waals surface area contributed by atoms with E-state index in [4.69, 9.17) is 4.74 Å². The minimum atomic E-state index is -4.14. The van der Waals surface area contributed by atoms with Crippen molar-refractivity contribution in [3.8, 4) is 5.75 Å². The molecule has 0 aliphatic rings. The number of carbonyl (C=O) groups is 2. The zero-order valence-corrected chi connectivity index (χ0v) is 21.7. The average molecular weight is 528 g/mol. The maximum Gasteiger partial charge on any atom is 0.264 e. The first-order valence-corrected chi connectivity index (χ1v) is 13.2. The second-order valence-corrected chi connectivity index (χ2v) is 10.1. The molecule has 1 atom stereocenters. The van der Waals surface area contributed by atoms with Gasteiger partial charge in [0, 0.05) is 13.6 Å². The van der Waals surface area contributed by atoms with Gasteiger partial charge < -0.3 is 15.0 Å². The van der Waals surface area contributed by atoms with Crippen molar-refractivity contribution in [2.75, 3.05) is 24.5 Å². The Morgan fingerprint density at radius 3 is 2.16 bits per heavy atom. The number of rotatable bonds is 11. The lowest BCUT2D eigenvalue weighted by Gasteiger charge is -2.31. The normalized spacial score (nSPS) is 11.9. The van der Waals surface area contributed by atoms with Crippen molar-refractivity contribution in [1.82, 2.24) is 10.2 Å². The fourth-order valence-corrected chi connectivity index (χ4v) is 5.14. The number of likely N-dealkylation sites (N-methyl/N-ethyl adjacent to an activating group) is 1. The monoisotopic (exact) mass is 527 g/mol. The average Bonchev–Trinajstić information content (AvgIpc) is 2.91. The standard InChI is InChI=1S/C27H30FN3O5S/c1-4-36-24-16-14-23(15-17-24)31(37(34,35)25-8-6-5-7-9-25)19-26(32)30(20(2)27(33)29-3)18-21-10-12-22(28)13-11-21/h5-17,20H,4,18-19H2,1-3H3,(H,29,33). The zero-order valence-electron chi connectivity index (χ0n) is 20.9. The first-order valence-electron chi connectivity index (χ1n) is 11.7. The van der Waals surface area contributed by atoms with Gasteiger partial charge in [-0.25, -0.2) is 12.8 Å². The van der Waals surface area contributed by atoms with Crippen LogP contribution in [-0.2, 0) is 26.2 Å². The topological polar surface area (TPSA) is 96.0 Å². The summed E-state index contributed by atoms with van der Waals surface area (Å²) < 4.78 is 47.2. The lowest BCUT2D eigenvalue weighted by Crippen LogP contribution is -2.50. The van der Waals surface area contributed by atoms with Crippen LogP contribution in [-0.4, -0.2) is 51.4 Å². The van der Waals surface area contributed by atoms with Crippen LogP contribution in [0.25, 0.3) is 0 Å². The van der Waals surface area contributed by atoms with Gasteiger partial charge in [-0.1, -0.05) is 30.3 Å². The third-order valence-electron chi connectivity index (χ3n) is 5.73. The minimum absolute atomic E-state index is 0.0149. The molecular formula is C27H30FN3O5S. The fraction of sp³-hybridized carbons (Fsp3) is 0.259. The summed E-state index contributed by atoms with van der Waals surface area (Å²) in [6.07, 6.45) is 0. The maximum absolute atomic E-state index is 13.7. The van der Waals surface area contributed by atoms with E-state index in [1.54, 1.807) is 49.4 Å². The molecule has 0 spiro atoms. The van der Waals surface area contributed by atoms with Gasteiger partial charge in [-0.05, 0) is 67.9 Å². The number of carbonyl (C=O) groups excluding carboxylic acids is 2. The highest BCUT2D eigenvalue weighted by Crippen LogP contribution is 2.26. The van der Waals surface area contributed by atoms with Crippen molar-refractivity contribution in [3.05, 3.63) is 90.2 Å². The molecule has 0 aliphatic carbocycles. The lowest BCUT2D eigenvalue weighted by molar-refractivity contribution is -0.139. The molecule has 3 rings (SSSR count). The quantitative estimate of drug-likeness (QED) is 0.411. The minimum Gasteiger partial charge on any atom is -0.494 e. The van der Waals surface area contributed by atoms with Gasteiger partial charge in [0.1, 0.15) is 24.2 Å². The van der Waals surface area contributed by atoms with Crippen LogP contribution in [0, 0.1) is 5.82 Å². The van der Waals surface area contributed by atoms with Crippen molar-refractivity contribution < 1.29 is 27.1 Å². The molecule has 1 N–H and O–H groups in total. The number of sulfonamides is 1. The van der Waals surface area contributed by atoms with Crippen molar-refractivity contribution in [2.45, 2.75) is 31.3 Å². The number of nitrogens with one attached hydrogen (secondary N) is 1. The summed E-state index contributed by atoms with van der Waals surface area (Å²) >= 11 is 0. The Hall–Kier alpha value is -3.92. The number of ether oxygens (including phenoxy) is 1. The number of anilines is 1. The summed E-state index contributed by atoms with van der Waals surface area (Å²) in [7, 11) is -2.69. The SMILES string of the molecule is CCOc1ccc(N(CC(=O)N(Cc2ccc(F)cc2)C(C)C(=O)NC)S(=O)(=O)c2ccccc2)cc1. The molecule has 0 saturated carbocycles. The summed E-state index contributed by atoms with van der Waals surface area (Å²) in [4.78, 5) is 27.4. The third kappa shape index (κ3) is 6.85. The maximum atomic E-state index is 13.7. The number of benzene rings is 3. The van der Waals surface area contributed by atoms with Crippen LogP contribution in [0.1, 0.15) is 19.4 Å². The van der Waals surface area contributed by atoms with Crippen molar-refractivity contribution in [1.29, 1.82) is 0 Å². The molecule has 0 bridgehead atoms. The van der Waals surface area contributed by atoms with Gasteiger partial charge in [0.15, 0.2) is 0 Å². The summed E-state index contributed by atoms with van der Waals surface area (Å²) in [6.45, 7) is 3.25. The predicted molar refractivity (Wildman–Crippen MR) is 139 cm³/mol. The highest BCUT2D eigenvalue weighted by molar-refractivity contribution is 7.92. The van der Waals surface area contributed by atoms with E-state index < -0.39 is 40.2 Å². The molecule has 10 heteroatoms. The van der Waals surface area contributed by atoms with Gasteiger partial charge in [0.2, 0.25) is 11.8 Å². The second-order valence-electron chi connectivity index (χ2n) is 8.19. The zero-order chi connectivity index (χ0) is 27.0. The number of halogens is 1. The summed E-state index contributed by atoms with van der Waals surface area (Å²) in [5.41, 5.74) is 0.846. The third-order valence-corrected chi connectivity index (χ3v) is 7.51. The Morgan fingerprint density at radius 1 is 0.973 bits per heavy atom. The molecule has 0 radical (unpaired) electrons. The van der Waals surface area contributed by atoms with Gasteiger partial charge in [-0.15, -0.1) is 0 Å². The van der Waals surface area contributed by atoms with Gasteiger partial charge in [-0.2, -0.15) is 0 Å². The van der Waals surface area contributed by atoms with Crippen LogP contribution in [0.5, 0.6) is 5.75 Å². The smallest absolute Gasteiger partial charge is 0.264 e. The Labute approximate surface area is 216 Å². The van der Waals surface area contributed by atoms with E-state index in [0.717, 1.165) is 4.31 Å². The van der Waals surface area contributed by atoms with Crippen LogP contribution in [0.4, 0.5) is 10.1 Å². The molecule has 196 valence electrons. The van der Waals surface area contributed by atoms with E-state index in [1.807, 2.05) is 6.92 Å². The molecule has 0 saturated heterocycles. The number of nitrogens with zero attached hydrogens (tertiary/aromatic N) is 2. The highest BCUT2D eigenvalue weighted by Gasteiger charge is 2.32. The predicted octanol–water partition coefficient (Wildman–Crippen LogP) is 3.58. The van der Waals surface area contributed by atoms with Crippen LogP contribution in [0.2, 0.25) is 0 Å². The molecule has 8 nitrogen and oxygen atoms in total. The fourth-order valence-electron chi connectivity index (χ4n) is 3.70. The van der Waals surface area contributed by atoms with E-state index in [2.05, 4.69) is 5.32 Å². The van der Waals surface area contributed by atoms with E-state index in [0.29, 0.717) is 17.9 Å². The molecule has 0 aromatic heterocycles. The molecule has 0 aliphatic heterocycles. The lowest BCUT2D eigenvalue weighted by atomic mass is 10.1. The van der Waals surface area contributed by atoms with Gasteiger partial charge in [0.25, 0.3) is 10.0 Å². The molecule has 37 heavy (non-hydrogen) atoms. The van der Waals surface area contributed by atoms with Crippen LogP contribution >= 0.6 is 0 Å². The molecule has 1 unspecified atom stereocenters. The van der Waals surface area contributed by atoms with Gasteiger partial charge >= 0.3 is 0 Å². The van der Waals surface area contributed by atoms with E-state index in [1.165, 1.54) is 48.3 Å². The molecule has 3 aromatic rings. The summed E-state index contributed by atoms with van der Waals surface area (Å²) in [5.74, 6) is -0.903. The molecule has 2 amide bonds. The van der Waals surface area contributed by atoms with E-state index >= 15 is 0 Å². The molecule has 0 fully saturated rings. The Bertz CT molecular complexity index is 1300. The molecular weight excluding hydrogens is 497 g/mol. The Kier molecular flexibility index (Phi) is 9.24. The largest absolute Gasteiger partial charge is 0.494 e. The molecule has 0 heterocycles. The molecule has 3 aromatic carbocycles. The number of hydrogen-bond acceptors (Lipinski definition) is 5. The summed E-state index contributed by atoms with van der Waals surface area (Å²) in [6, 6.07) is 18.8. The number of hydrogen-bond donors (Lipinski definition) is 1. The van der Waals surface area contributed by atoms with Crippen LogP contribution in [0.15, 0.2) is 83.8 Å². The van der Waals surface area contributed by atoms with Crippen molar-refractivity contribution in [2.24, 2.45) is 0 Å². The van der Waals surface area contributed by atoms with Gasteiger partial charge in [-0.3, -0.25) is 13.9 Å². The number of amides is 2. The van der Waals surface area contributed by atoms with E-state index in [-0.39, 0.29) is 17.1 Å². The Morgan fingerprint density at radius 2 is 1.59 bits per heavy atom. The van der Waals surface area contributed by atoms with Crippen LogP contribution in [0.3, 0.4) is 0 Å². The van der Waals surface area contributed by atoms with Crippen molar-refractivity contribution in [3.63, 3.8) is 0 Å². The van der Waals surface area contributed by atoms with E-state index in [9.17, 15) is 22.4 Å². The Balaban J connectivity index is 2.01. The summed E-state index contributed by atoms with van der Waals surface area (Å²) in [5, 5.41) is 2.52. The van der Waals surface area contributed by atoms with Crippen molar-refractivity contribution >= 4 is 27.5 Å². The highest BCUT2D eigenvalue weighted by atomic mass is 32.2.